The molecule has 0 aliphatic carbocycles. The van der Waals surface area contributed by atoms with Gasteiger partial charge in [0.2, 0.25) is 0 Å². The summed E-state index contributed by atoms with van der Waals surface area (Å²) in [7, 11) is 0. The molecular formula is C15H12Cl2O3. The van der Waals surface area contributed by atoms with Crippen LogP contribution in [0.4, 0.5) is 4.79 Å². The van der Waals surface area contributed by atoms with Crippen LogP contribution in [0.5, 0.6) is 0 Å². The lowest BCUT2D eigenvalue weighted by Gasteiger charge is -2.10. The van der Waals surface area contributed by atoms with E-state index in [1.54, 1.807) is 0 Å². The zero-order chi connectivity index (χ0) is 14.5. The summed E-state index contributed by atoms with van der Waals surface area (Å²) in [6, 6.07) is 13.4. The van der Waals surface area contributed by atoms with Gasteiger partial charge in [-0.3, -0.25) is 0 Å². The van der Waals surface area contributed by atoms with Crippen LogP contribution in [0, 0.1) is 0 Å². The second-order valence-corrected chi connectivity index (χ2v) is 4.96. The Kier molecular flexibility index (Phi) is 4.88. The molecule has 0 bridgehead atoms. The Bertz CT molecular complexity index is 589. The standard InChI is InChI=1S/C15H12Cl2O3/c16-13-8-11(10-4-2-1-3-5-10)9-14(17)12(13)6-7-20-15(18)19/h1-5,8-9H,6-7H2,(H,18,19). The maximum Gasteiger partial charge on any atom is 0.505 e. The molecule has 2 rings (SSSR count). The van der Waals surface area contributed by atoms with E-state index in [1.165, 1.54) is 0 Å². The molecule has 0 saturated carbocycles. The van der Waals surface area contributed by atoms with Crippen LogP contribution in [0.25, 0.3) is 11.1 Å². The minimum atomic E-state index is -1.31. The van der Waals surface area contributed by atoms with Gasteiger partial charge in [0.25, 0.3) is 0 Å². The predicted octanol–water partition coefficient (Wildman–Crippen LogP) is 4.90. The lowest BCUT2D eigenvalue weighted by Crippen LogP contribution is -2.05. The summed E-state index contributed by atoms with van der Waals surface area (Å²) in [6.07, 6.45) is -0.961. The molecule has 20 heavy (non-hydrogen) atoms. The Morgan fingerprint density at radius 2 is 1.65 bits per heavy atom. The molecule has 0 fully saturated rings. The number of rotatable bonds is 4. The zero-order valence-electron chi connectivity index (χ0n) is 10.5. The van der Waals surface area contributed by atoms with E-state index in [4.69, 9.17) is 28.3 Å². The monoisotopic (exact) mass is 310 g/mol. The predicted molar refractivity (Wildman–Crippen MR) is 79.6 cm³/mol. The molecule has 104 valence electrons. The average Bonchev–Trinajstić information content (AvgIpc) is 2.42. The van der Waals surface area contributed by atoms with Gasteiger partial charge in [-0.25, -0.2) is 4.79 Å². The van der Waals surface area contributed by atoms with E-state index in [9.17, 15) is 4.79 Å². The number of ether oxygens (including phenoxy) is 1. The SMILES string of the molecule is O=C(O)OCCc1c(Cl)cc(-c2ccccc2)cc1Cl. The highest BCUT2D eigenvalue weighted by molar-refractivity contribution is 6.36. The van der Waals surface area contributed by atoms with Crippen LogP contribution in [0.15, 0.2) is 42.5 Å². The Hall–Kier alpha value is -1.71. The average molecular weight is 311 g/mol. The van der Waals surface area contributed by atoms with Crippen molar-refractivity contribution in [1.82, 2.24) is 0 Å². The molecule has 5 heteroatoms. The smallest absolute Gasteiger partial charge is 0.450 e. The first-order valence-electron chi connectivity index (χ1n) is 5.97. The summed E-state index contributed by atoms with van der Waals surface area (Å²) in [4.78, 5) is 10.3. The normalized spacial score (nSPS) is 10.3. The first-order valence-corrected chi connectivity index (χ1v) is 6.72. The third-order valence-corrected chi connectivity index (χ3v) is 3.50. The van der Waals surface area contributed by atoms with E-state index in [2.05, 4.69) is 4.74 Å². The number of benzene rings is 2. The topological polar surface area (TPSA) is 46.5 Å². The zero-order valence-corrected chi connectivity index (χ0v) is 12.0. The van der Waals surface area contributed by atoms with E-state index in [0.717, 1.165) is 11.1 Å². The lowest BCUT2D eigenvalue weighted by atomic mass is 10.0. The number of carboxylic acid groups (broad SMARTS) is 1. The Balaban J connectivity index is 2.23. The summed E-state index contributed by atoms with van der Waals surface area (Å²) in [5.41, 5.74) is 2.63. The van der Waals surface area contributed by atoms with Crippen molar-refractivity contribution in [2.45, 2.75) is 6.42 Å². The molecular weight excluding hydrogens is 299 g/mol. The molecule has 0 atom stereocenters. The van der Waals surface area contributed by atoms with Crippen molar-refractivity contribution in [3.05, 3.63) is 58.1 Å². The van der Waals surface area contributed by atoms with Gasteiger partial charge < -0.3 is 9.84 Å². The number of hydrogen-bond donors (Lipinski definition) is 1. The third-order valence-electron chi connectivity index (χ3n) is 2.83. The molecule has 2 aromatic carbocycles. The first-order chi connectivity index (χ1) is 9.58. The third kappa shape index (κ3) is 3.65. The van der Waals surface area contributed by atoms with Crippen molar-refractivity contribution in [2.75, 3.05) is 6.61 Å². The van der Waals surface area contributed by atoms with Crippen LogP contribution in [0.3, 0.4) is 0 Å². The van der Waals surface area contributed by atoms with E-state index in [1.807, 2.05) is 42.5 Å². The molecule has 0 saturated heterocycles. The van der Waals surface area contributed by atoms with E-state index in [0.29, 0.717) is 22.0 Å². The van der Waals surface area contributed by atoms with Crippen LogP contribution in [-0.2, 0) is 11.2 Å². The number of hydrogen-bond acceptors (Lipinski definition) is 2. The van der Waals surface area contributed by atoms with Crippen molar-refractivity contribution in [2.24, 2.45) is 0 Å². The van der Waals surface area contributed by atoms with Crippen molar-refractivity contribution in [3.63, 3.8) is 0 Å². The van der Waals surface area contributed by atoms with Crippen LogP contribution in [0.2, 0.25) is 10.0 Å². The van der Waals surface area contributed by atoms with Gasteiger partial charge in [0, 0.05) is 16.5 Å². The molecule has 0 unspecified atom stereocenters. The Morgan fingerprint density at radius 3 is 2.20 bits per heavy atom. The van der Waals surface area contributed by atoms with Crippen LogP contribution in [-0.4, -0.2) is 17.9 Å². The van der Waals surface area contributed by atoms with Crippen LogP contribution < -0.4 is 0 Å². The number of halogens is 2. The summed E-state index contributed by atoms with van der Waals surface area (Å²) in [5, 5.41) is 9.44. The first kappa shape index (κ1) is 14.7. The van der Waals surface area contributed by atoms with Gasteiger partial charge in [0.1, 0.15) is 0 Å². The summed E-state index contributed by atoms with van der Waals surface area (Å²) in [5.74, 6) is 0. The van der Waals surface area contributed by atoms with Gasteiger partial charge in [-0.05, 0) is 28.8 Å². The van der Waals surface area contributed by atoms with Gasteiger partial charge in [-0.1, -0.05) is 53.5 Å². The van der Waals surface area contributed by atoms with Gasteiger partial charge in [-0.15, -0.1) is 0 Å². The Labute approximate surface area is 126 Å². The van der Waals surface area contributed by atoms with Gasteiger partial charge in [-0.2, -0.15) is 0 Å². The van der Waals surface area contributed by atoms with Gasteiger partial charge >= 0.3 is 6.16 Å². The highest BCUT2D eigenvalue weighted by Crippen LogP contribution is 2.32. The van der Waals surface area contributed by atoms with Gasteiger partial charge in [0.05, 0.1) is 6.61 Å². The fourth-order valence-corrected chi connectivity index (χ4v) is 2.56. The van der Waals surface area contributed by atoms with Crippen molar-refractivity contribution in [1.29, 1.82) is 0 Å². The highest BCUT2D eigenvalue weighted by atomic mass is 35.5. The quantitative estimate of drug-likeness (QED) is 0.817. The molecule has 3 nitrogen and oxygen atoms in total. The van der Waals surface area contributed by atoms with Crippen LogP contribution in [0.1, 0.15) is 5.56 Å². The molecule has 0 aromatic heterocycles. The molecule has 0 aliphatic rings. The molecule has 0 amide bonds. The highest BCUT2D eigenvalue weighted by Gasteiger charge is 2.10. The maximum absolute atomic E-state index is 10.3. The van der Waals surface area contributed by atoms with Crippen LogP contribution >= 0.6 is 23.2 Å². The fourth-order valence-electron chi connectivity index (χ4n) is 1.88. The molecule has 0 heterocycles. The Morgan fingerprint density at radius 1 is 1.05 bits per heavy atom. The largest absolute Gasteiger partial charge is 0.505 e. The summed E-state index contributed by atoms with van der Waals surface area (Å²) >= 11 is 12.4. The second-order valence-electron chi connectivity index (χ2n) is 4.15. The molecule has 0 aliphatic heterocycles. The fraction of sp³-hybridized carbons (Fsp3) is 0.133. The second kappa shape index (κ2) is 6.64. The van der Waals surface area contributed by atoms with E-state index < -0.39 is 6.16 Å². The summed E-state index contributed by atoms with van der Waals surface area (Å²) in [6.45, 7) is 0.0272. The van der Waals surface area contributed by atoms with Crippen molar-refractivity contribution >= 4 is 29.4 Å². The minimum absolute atomic E-state index is 0.0272. The minimum Gasteiger partial charge on any atom is -0.450 e. The van der Waals surface area contributed by atoms with E-state index in [-0.39, 0.29) is 6.61 Å². The molecule has 2 aromatic rings. The van der Waals surface area contributed by atoms with Crippen molar-refractivity contribution in [3.8, 4) is 11.1 Å². The van der Waals surface area contributed by atoms with Gasteiger partial charge in [0.15, 0.2) is 0 Å². The van der Waals surface area contributed by atoms with E-state index >= 15 is 0 Å². The molecule has 0 radical (unpaired) electrons. The number of carbonyl (C=O) groups is 1. The molecule has 1 N–H and O–H groups in total. The maximum atomic E-state index is 10.3. The van der Waals surface area contributed by atoms with Crippen molar-refractivity contribution < 1.29 is 14.6 Å². The summed E-state index contributed by atoms with van der Waals surface area (Å²) < 4.78 is 4.47. The molecule has 0 spiro atoms. The lowest BCUT2D eigenvalue weighted by molar-refractivity contribution is 0.0927.